The zero-order valence-corrected chi connectivity index (χ0v) is 17.6. The maximum atomic E-state index is 12.9. The molecule has 3 heterocycles. The van der Waals surface area contributed by atoms with E-state index in [9.17, 15) is 4.79 Å². The first kappa shape index (κ1) is 22.9. The van der Waals surface area contributed by atoms with Crippen LogP contribution in [0, 0.1) is 0 Å². The molecule has 3 rings (SSSR count). The average molecular weight is 420 g/mol. The summed E-state index contributed by atoms with van der Waals surface area (Å²) in [6.45, 7) is 6.56. The average Bonchev–Trinajstić information content (AvgIpc) is 3.27. The van der Waals surface area contributed by atoms with Gasteiger partial charge < -0.3 is 10.6 Å². The predicted octanol–water partition coefficient (Wildman–Crippen LogP) is 2.74. The van der Waals surface area contributed by atoms with Crippen LogP contribution in [0.25, 0.3) is 0 Å². The molecule has 1 aliphatic rings. The molecule has 26 heavy (non-hydrogen) atoms. The van der Waals surface area contributed by atoms with Crippen LogP contribution in [-0.4, -0.2) is 40.3 Å². The third kappa shape index (κ3) is 4.97. The van der Waals surface area contributed by atoms with E-state index in [2.05, 4.69) is 39.9 Å². The molecule has 0 aliphatic carbocycles. The molecule has 1 amide bonds. The van der Waals surface area contributed by atoms with Crippen LogP contribution in [0.1, 0.15) is 43.3 Å². The molecule has 2 aromatic heterocycles. The highest BCUT2D eigenvalue weighted by molar-refractivity contribution is 7.09. The number of rotatable bonds is 6. The van der Waals surface area contributed by atoms with Crippen molar-refractivity contribution in [3.8, 4) is 0 Å². The molecule has 0 aromatic carbocycles. The first-order chi connectivity index (χ1) is 11.6. The Hall–Kier alpha value is -1.15. The fourth-order valence-electron chi connectivity index (χ4n) is 3.09. The molecule has 0 atom stereocenters. The second-order valence-electron chi connectivity index (χ2n) is 6.57. The number of amides is 1. The lowest BCUT2D eigenvalue weighted by Crippen LogP contribution is -2.54. The summed E-state index contributed by atoms with van der Waals surface area (Å²) in [6, 6.07) is 1.87. The zero-order valence-electron chi connectivity index (χ0n) is 15.1. The van der Waals surface area contributed by atoms with E-state index >= 15 is 0 Å². The lowest BCUT2D eigenvalue weighted by atomic mass is 9.87. The van der Waals surface area contributed by atoms with E-state index in [-0.39, 0.29) is 30.7 Å². The summed E-state index contributed by atoms with van der Waals surface area (Å²) in [5.74, 6) is 0.517. The predicted molar refractivity (Wildman–Crippen MR) is 110 cm³/mol. The number of halogens is 2. The van der Waals surface area contributed by atoms with Crippen LogP contribution in [-0.2, 0) is 16.8 Å². The van der Waals surface area contributed by atoms with Crippen molar-refractivity contribution in [1.82, 2.24) is 25.4 Å². The van der Waals surface area contributed by atoms with Crippen molar-refractivity contribution in [3.63, 3.8) is 0 Å². The number of hydrogen-bond acceptors (Lipinski definition) is 5. The number of aromatic nitrogens is 3. The second-order valence-corrected chi connectivity index (χ2v) is 7.46. The molecule has 9 heteroatoms. The van der Waals surface area contributed by atoms with Crippen molar-refractivity contribution < 1.29 is 4.79 Å². The molecule has 1 aliphatic heterocycles. The molecular weight excluding hydrogens is 393 g/mol. The third-order valence-electron chi connectivity index (χ3n) is 4.53. The molecule has 146 valence electrons. The molecular formula is C17H27Cl2N5OS. The molecule has 0 spiro atoms. The van der Waals surface area contributed by atoms with Gasteiger partial charge in [-0.3, -0.25) is 9.48 Å². The fourth-order valence-corrected chi connectivity index (χ4v) is 3.96. The first-order valence-electron chi connectivity index (χ1n) is 8.55. The van der Waals surface area contributed by atoms with Crippen LogP contribution in [0.3, 0.4) is 0 Å². The number of carbonyl (C=O) groups excluding carboxylic acids is 1. The Morgan fingerprint density at radius 1 is 1.38 bits per heavy atom. The van der Waals surface area contributed by atoms with Gasteiger partial charge in [-0.25, -0.2) is 4.98 Å². The van der Waals surface area contributed by atoms with Gasteiger partial charge in [0.2, 0.25) is 5.91 Å². The SMILES string of the molecule is CC(C)c1nc(CCNC(=O)C2(n3cccn3)CCNCC2)cs1.Cl.Cl. The zero-order chi connectivity index (χ0) is 17.0. The highest BCUT2D eigenvalue weighted by Gasteiger charge is 2.41. The van der Waals surface area contributed by atoms with Crippen LogP contribution in [0.5, 0.6) is 0 Å². The summed E-state index contributed by atoms with van der Waals surface area (Å²) in [5, 5.41) is 14.0. The fraction of sp³-hybridized carbons (Fsp3) is 0.588. The Balaban J connectivity index is 0.00000169. The molecule has 0 bridgehead atoms. The van der Waals surface area contributed by atoms with Crippen molar-refractivity contribution in [2.24, 2.45) is 0 Å². The smallest absolute Gasteiger partial charge is 0.248 e. The Morgan fingerprint density at radius 2 is 2.12 bits per heavy atom. The minimum absolute atomic E-state index is 0. The molecule has 1 fully saturated rings. The van der Waals surface area contributed by atoms with Crippen LogP contribution < -0.4 is 10.6 Å². The van der Waals surface area contributed by atoms with Crippen LogP contribution in [0.2, 0.25) is 0 Å². The summed E-state index contributed by atoms with van der Waals surface area (Å²) >= 11 is 1.70. The molecule has 0 saturated carbocycles. The van der Waals surface area contributed by atoms with E-state index in [0.717, 1.165) is 43.1 Å². The second kappa shape index (κ2) is 10.3. The highest BCUT2D eigenvalue weighted by Crippen LogP contribution is 2.27. The number of piperidine rings is 1. The minimum atomic E-state index is -0.570. The van der Waals surface area contributed by atoms with Crippen molar-refractivity contribution in [2.75, 3.05) is 19.6 Å². The summed E-state index contributed by atoms with van der Waals surface area (Å²) < 4.78 is 1.82. The number of carbonyl (C=O) groups is 1. The normalized spacial score (nSPS) is 15.8. The first-order valence-corrected chi connectivity index (χ1v) is 9.43. The largest absolute Gasteiger partial charge is 0.354 e. The molecule has 6 nitrogen and oxygen atoms in total. The summed E-state index contributed by atoms with van der Waals surface area (Å²) in [4.78, 5) is 17.5. The van der Waals surface area contributed by atoms with E-state index in [1.807, 2.05) is 16.9 Å². The Kier molecular flexibility index (Phi) is 9.03. The topological polar surface area (TPSA) is 71.8 Å². The van der Waals surface area contributed by atoms with E-state index in [0.29, 0.717) is 12.5 Å². The van der Waals surface area contributed by atoms with Gasteiger partial charge in [0.15, 0.2) is 0 Å². The van der Waals surface area contributed by atoms with Crippen LogP contribution >= 0.6 is 36.2 Å². The maximum Gasteiger partial charge on any atom is 0.248 e. The van der Waals surface area contributed by atoms with Crippen molar-refractivity contribution >= 4 is 42.1 Å². The van der Waals surface area contributed by atoms with Crippen molar-refractivity contribution in [3.05, 3.63) is 34.5 Å². The van der Waals surface area contributed by atoms with E-state index in [4.69, 9.17) is 0 Å². The van der Waals surface area contributed by atoms with Gasteiger partial charge in [-0.05, 0) is 32.0 Å². The van der Waals surface area contributed by atoms with Gasteiger partial charge in [0.05, 0.1) is 10.7 Å². The number of thiazole rings is 1. The summed E-state index contributed by atoms with van der Waals surface area (Å²) in [6.07, 6.45) is 5.91. The van der Waals surface area contributed by atoms with Crippen LogP contribution in [0.15, 0.2) is 23.8 Å². The van der Waals surface area contributed by atoms with E-state index < -0.39 is 5.54 Å². The summed E-state index contributed by atoms with van der Waals surface area (Å²) in [7, 11) is 0. The van der Waals surface area contributed by atoms with Crippen molar-refractivity contribution in [2.45, 2.75) is 44.6 Å². The number of hydrogen-bond donors (Lipinski definition) is 2. The molecule has 0 unspecified atom stereocenters. The molecule has 0 radical (unpaired) electrons. The number of nitrogens with zero attached hydrogens (tertiary/aromatic N) is 3. The quantitative estimate of drug-likeness (QED) is 0.754. The van der Waals surface area contributed by atoms with Crippen molar-refractivity contribution in [1.29, 1.82) is 0 Å². The van der Waals surface area contributed by atoms with Gasteiger partial charge in [0, 0.05) is 36.7 Å². The lowest BCUT2D eigenvalue weighted by Gasteiger charge is -2.36. The third-order valence-corrected chi connectivity index (χ3v) is 5.72. The van der Waals surface area contributed by atoms with Gasteiger partial charge in [-0.2, -0.15) is 5.10 Å². The van der Waals surface area contributed by atoms with E-state index in [1.54, 1.807) is 17.5 Å². The maximum absolute atomic E-state index is 12.9. The van der Waals surface area contributed by atoms with Gasteiger partial charge >= 0.3 is 0 Å². The monoisotopic (exact) mass is 419 g/mol. The highest BCUT2D eigenvalue weighted by atomic mass is 35.5. The summed E-state index contributed by atoms with van der Waals surface area (Å²) in [5.41, 5.74) is 0.488. The van der Waals surface area contributed by atoms with Gasteiger partial charge in [0.25, 0.3) is 0 Å². The molecule has 1 saturated heterocycles. The molecule has 2 N–H and O–H groups in total. The van der Waals surface area contributed by atoms with Gasteiger partial charge in [0.1, 0.15) is 5.54 Å². The van der Waals surface area contributed by atoms with Gasteiger partial charge in [-0.1, -0.05) is 13.8 Å². The van der Waals surface area contributed by atoms with Gasteiger partial charge in [-0.15, -0.1) is 36.2 Å². The standard InChI is InChI=1S/C17H25N5OS.2ClH/c1-13(2)15-21-14(12-24-15)4-8-19-16(23)17(5-9-18-10-6-17)22-11-3-7-20-22;;/h3,7,11-13,18H,4-6,8-10H2,1-2H3,(H,19,23);2*1H. The Morgan fingerprint density at radius 3 is 2.69 bits per heavy atom. The van der Waals surface area contributed by atoms with E-state index in [1.165, 1.54) is 0 Å². The van der Waals surface area contributed by atoms with Crippen LogP contribution in [0.4, 0.5) is 0 Å². The minimum Gasteiger partial charge on any atom is -0.354 e. The lowest BCUT2D eigenvalue weighted by molar-refractivity contribution is -0.131. The Bertz CT molecular complexity index is 669. The number of nitrogens with one attached hydrogen (secondary N) is 2. The Labute approximate surface area is 171 Å². The molecule has 2 aromatic rings.